The zero-order chi connectivity index (χ0) is 23.8. The summed E-state index contributed by atoms with van der Waals surface area (Å²) in [6.07, 6.45) is 9.66. The summed E-state index contributed by atoms with van der Waals surface area (Å²) in [6, 6.07) is 12.1. The molecule has 4 aromatic rings. The topological polar surface area (TPSA) is 74.1 Å². The van der Waals surface area contributed by atoms with E-state index in [1.54, 1.807) is 53.7 Å². The van der Waals surface area contributed by atoms with Crippen molar-refractivity contribution in [1.82, 2.24) is 19.4 Å². The Bertz CT molecular complexity index is 1350. The van der Waals surface area contributed by atoms with Crippen molar-refractivity contribution in [3.05, 3.63) is 72.4 Å². The highest BCUT2D eigenvalue weighted by molar-refractivity contribution is 7.91. The van der Waals surface area contributed by atoms with Crippen molar-refractivity contribution in [1.29, 1.82) is 0 Å². The quantitative estimate of drug-likeness (QED) is 0.390. The Morgan fingerprint density at radius 3 is 2.62 bits per heavy atom. The summed E-state index contributed by atoms with van der Waals surface area (Å²) in [5.41, 5.74) is 2.27. The van der Waals surface area contributed by atoms with Crippen LogP contribution in [-0.2, 0) is 11.2 Å². The number of piperidine rings is 1. The van der Waals surface area contributed by atoms with E-state index >= 15 is 0 Å². The third-order valence-electron chi connectivity index (χ3n) is 6.43. The highest BCUT2D eigenvalue weighted by Crippen LogP contribution is 2.30. The Balaban J connectivity index is 1.57. The van der Waals surface area contributed by atoms with E-state index in [0.717, 1.165) is 31.2 Å². The molecule has 0 aliphatic carbocycles. The first-order valence-corrected chi connectivity index (χ1v) is 12.9. The van der Waals surface area contributed by atoms with Gasteiger partial charge in [0.25, 0.3) is 5.91 Å². The first kappa shape index (κ1) is 22.6. The van der Waals surface area contributed by atoms with Crippen molar-refractivity contribution >= 4 is 28.0 Å². The van der Waals surface area contributed by atoms with E-state index < -0.39 is 11.2 Å². The smallest absolute Gasteiger partial charge is 0.254 e. The summed E-state index contributed by atoms with van der Waals surface area (Å²) in [6.45, 7) is 2.84. The molecule has 0 N–H and O–H groups in total. The number of amides is 1. The molecule has 6 nitrogen and oxygen atoms in total. The molecule has 1 aliphatic rings. The molecular weight excluding hydrogens is 451 g/mol. The number of aromatic nitrogens is 3. The highest BCUT2D eigenvalue weighted by atomic mass is 32.2. The van der Waals surface area contributed by atoms with Crippen molar-refractivity contribution < 1.29 is 13.7 Å². The lowest BCUT2D eigenvalue weighted by Gasteiger charge is -2.33. The van der Waals surface area contributed by atoms with Gasteiger partial charge in [-0.3, -0.25) is 9.36 Å². The summed E-state index contributed by atoms with van der Waals surface area (Å²) in [5, 5.41) is 0.783. The normalized spacial score (nSPS) is 17.2. The maximum absolute atomic E-state index is 14.2. The molecule has 5 rings (SSSR count). The van der Waals surface area contributed by atoms with E-state index in [9.17, 15) is 13.7 Å². The lowest BCUT2D eigenvalue weighted by atomic mass is 10.0. The van der Waals surface area contributed by atoms with Gasteiger partial charge in [-0.1, -0.05) is 18.2 Å². The molecule has 2 aromatic heterocycles. The molecule has 1 aliphatic heterocycles. The van der Waals surface area contributed by atoms with Crippen LogP contribution in [-0.4, -0.2) is 48.7 Å². The van der Waals surface area contributed by atoms with Crippen LogP contribution in [0, 0.1) is 5.82 Å². The number of likely N-dealkylation sites (tertiary alicyclic amines) is 1. The molecule has 2 atom stereocenters. The van der Waals surface area contributed by atoms with Crippen LogP contribution >= 0.6 is 0 Å². The predicted molar refractivity (Wildman–Crippen MR) is 131 cm³/mol. The van der Waals surface area contributed by atoms with Gasteiger partial charge in [0.1, 0.15) is 12.1 Å². The van der Waals surface area contributed by atoms with Crippen LogP contribution < -0.4 is 0 Å². The van der Waals surface area contributed by atoms with E-state index in [1.165, 1.54) is 6.07 Å². The molecule has 0 radical (unpaired) electrons. The summed E-state index contributed by atoms with van der Waals surface area (Å²) in [5.74, 6) is 0.0126. The average Bonchev–Trinajstić information content (AvgIpc) is 3.24. The molecule has 1 amide bonds. The molecule has 0 bridgehead atoms. The fourth-order valence-corrected chi connectivity index (χ4v) is 5.31. The van der Waals surface area contributed by atoms with Crippen LogP contribution in [0.4, 0.5) is 4.39 Å². The molecule has 2 aromatic carbocycles. The Hall–Kier alpha value is -3.23. The summed E-state index contributed by atoms with van der Waals surface area (Å²) in [7, 11) is 0. The molecule has 3 heterocycles. The van der Waals surface area contributed by atoms with Gasteiger partial charge in [-0.05, 0) is 61.6 Å². The minimum absolute atomic E-state index is 0.00293. The number of hydrogen-bond donors (Lipinski definition) is 0. The van der Waals surface area contributed by atoms with Crippen molar-refractivity contribution in [2.75, 3.05) is 12.8 Å². The van der Waals surface area contributed by atoms with Gasteiger partial charge in [0.2, 0.25) is 5.95 Å². The van der Waals surface area contributed by atoms with Gasteiger partial charge in [0, 0.05) is 41.7 Å². The van der Waals surface area contributed by atoms with Gasteiger partial charge in [-0.15, -0.1) is 0 Å². The highest BCUT2D eigenvalue weighted by Gasteiger charge is 2.26. The number of nitrogens with zero attached hydrogens (tertiary/aromatic N) is 4. The van der Waals surface area contributed by atoms with Crippen molar-refractivity contribution in [2.45, 2.75) is 37.1 Å². The zero-order valence-electron chi connectivity index (χ0n) is 19.1. The SMILES string of the molecule is CC1CCCCN1C(=O)c1ccc2c([S+](C)[O-])cn(-c3ncc(-c4ccccc4F)cn3)c2c1. The van der Waals surface area contributed by atoms with Gasteiger partial charge in [0.15, 0.2) is 4.90 Å². The minimum Gasteiger partial charge on any atom is -0.612 e. The van der Waals surface area contributed by atoms with E-state index in [2.05, 4.69) is 16.9 Å². The molecular formula is C26H25FN4O2S. The first-order valence-electron chi connectivity index (χ1n) is 11.3. The molecule has 34 heavy (non-hydrogen) atoms. The Labute approximate surface area is 200 Å². The molecule has 0 saturated carbocycles. The number of fused-ring (bicyclic) bond motifs is 1. The van der Waals surface area contributed by atoms with E-state index in [-0.39, 0.29) is 17.8 Å². The molecule has 8 heteroatoms. The van der Waals surface area contributed by atoms with Gasteiger partial charge in [0.05, 0.1) is 17.1 Å². The third-order valence-corrected chi connectivity index (χ3v) is 7.37. The van der Waals surface area contributed by atoms with Crippen molar-refractivity contribution in [2.24, 2.45) is 0 Å². The number of halogens is 1. The lowest BCUT2D eigenvalue weighted by Crippen LogP contribution is -2.42. The molecule has 1 saturated heterocycles. The lowest BCUT2D eigenvalue weighted by molar-refractivity contribution is 0.0635. The van der Waals surface area contributed by atoms with Gasteiger partial charge in [-0.2, -0.15) is 0 Å². The monoisotopic (exact) mass is 476 g/mol. The second-order valence-corrected chi connectivity index (χ2v) is 9.99. The number of carbonyl (C=O) groups is 1. The van der Waals surface area contributed by atoms with Crippen LogP contribution in [0.5, 0.6) is 0 Å². The molecule has 2 unspecified atom stereocenters. The standard InChI is InChI=1S/C26H25FN4O2S/c1-17-7-5-6-12-30(17)25(32)18-10-11-21-23(13-18)31(16-24(21)34(2)33)26-28-14-19(15-29-26)20-8-3-4-9-22(20)27/h3-4,8-11,13-17H,5-7,12H2,1-2H3. The fourth-order valence-electron chi connectivity index (χ4n) is 4.57. The Morgan fingerprint density at radius 2 is 1.91 bits per heavy atom. The van der Waals surface area contributed by atoms with E-state index in [4.69, 9.17) is 0 Å². The van der Waals surface area contributed by atoms with Gasteiger partial charge in [-0.25, -0.2) is 14.4 Å². The van der Waals surface area contributed by atoms with Crippen LogP contribution in [0.1, 0.15) is 36.5 Å². The van der Waals surface area contributed by atoms with E-state index in [0.29, 0.717) is 33.1 Å². The van der Waals surface area contributed by atoms with Crippen LogP contribution in [0.15, 0.2) is 66.0 Å². The summed E-state index contributed by atoms with van der Waals surface area (Å²) >= 11 is -1.24. The molecule has 1 fully saturated rings. The average molecular weight is 477 g/mol. The van der Waals surface area contributed by atoms with Crippen LogP contribution in [0.25, 0.3) is 28.0 Å². The number of carbonyl (C=O) groups excluding carboxylic acids is 1. The van der Waals surface area contributed by atoms with Crippen LogP contribution in [0.2, 0.25) is 0 Å². The number of benzene rings is 2. The number of rotatable bonds is 4. The number of hydrogen-bond acceptors (Lipinski definition) is 4. The van der Waals surface area contributed by atoms with Gasteiger partial charge >= 0.3 is 0 Å². The van der Waals surface area contributed by atoms with Crippen molar-refractivity contribution in [3.63, 3.8) is 0 Å². The maximum atomic E-state index is 14.2. The first-order chi connectivity index (χ1) is 16.4. The fraction of sp³-hybridized carbons (Fsp3) is 0.269. The molecule has 0 spiro atoms. The second kappa shape index (κ2) is 9.19. The third kappa shape index (κ3) is 4.08. The van der Waals surface area contributed by atoms with Crippen molar-refractivity contribution in [3.8, 4) is 17.1 Å². The molecule has 174 valence electrons. The predicted octanol–water partition coefficient (Wildman–Crippen LogP) is 4.98. The summed E-state index contributed by atoms with van der Waals surface area (Å²) in [4.78, 5) is 24.7. The second-order valence-electron chi connectivity index (χ2n) is 8.64. The Morgan fingerprint density at radius 1 is 1.15 bits per heavy atom. The van der Waals surface area contributed by atoms with Crippen LogP contribution in [0.3, 0.4) is 0 Å². The van der Waals surface area contributed by atoms with Gasteiger partial charge < -0.3 is 9.45 Å². The summed E-state index contributed by atoms with van der Waals surface area (Å²) < 4.78 is 28.3. The largest absolute Gasteiger partial charge is 0.612 e. The minimum atomic E-state index is -1.24. The zero-order valence-corrected chi connectivity index (χ0v) is 19.9. The maximum Gasteiger partial charge on any atom is 0.254 e. The van der Waals surface area contributed by atoms with E-state index in [1.807, 2.05) is 17.0 Å². The Kier molecular flexibility index (Phi) is 6.10.